The molecule has 1 aromatic carbocycles. The summed E-state index contributed by atoms with van der Waals surface area (Å²) in [5.41, 5.74) is 1.54. The second-order valence-electron chi connectivity index (χ2n) is 5.71. The van der Waals surface area contributed by atoms with E-state index in [1.165, 1.54) is 17.0 Å². The molecular formula is C19H19FN2O2S. The van der Waals surface area contributed by atoms with E-state index in [1.807, 2.05) is 24.4 Å². The number of carbonyl (C=O) groups is 1. The molecule has 2 heterocycles. The summed E-state index contributed by atoms with van der Waals surface area (Å²) in [5.74, 6) is 0.925. The molecule has 3 aromatic rings. The zero-order chi connectivity index (χ0) is 17.6. The van der Waals surface area contributed by atoms with Crippen molar-refractivity contribution < 1.29 is 13.6 Å². The topological polar surface area (TPSA) is 55.1 Å². The molecule has 0 fully saturated rings. The summed E-state index contributed by atoms with van der Waals surface area (Å²) in [6.45, 7) is 2.35. The lowest BCUT2D eigenvalue weighted by atomic mass is 10.2. The van der Waals surface area contributed by atoms with E-state index in [4.69, 9.17) is 4.42 Å². The van der Waals surface area contributed by atoms with Crippen LogP contribution >= 0.6 is 11.3 Å². The maximum atomic E-state index is 13.0. The summed E-state index contributed by atoms with van der Waals surface area (Å²) in [6.07, 6.45) is 1.85. The van der Waals surface area contributed by atoms with Gasteiger partial charge in [-0.15, -0.1) is 11.3 Å². The van der Waals surface area contributed by atoms with Crippen molar-refractivity contribution in [2.75, 3.05) is 6.54 Å². The number of rotatable bonds is 7. The highest BCUT2D eigenvalue weighted by Crippen LogP contribution is 2.22. The Bertz CT molecular complexity index is 826. The fraction of sp³-hybridized carbons (Fsp3) is 0.263. The van der Waals surface area contributed by atoms with Gasteiger partial charge in [0.2, 0.25) is 11.8 Å². The van der Waals surface area contributed by atoms with Gasteiger partial charge in [0.1, 0.15) is 11.6 Å². The highest BCUT2D eigenvalue weighted by atomic mass is 32.1. The van der Waals surface area contributed by atoms with Crippen LogP contribution in [0.25, 0.3) is 11.5 Å². The van der Waals surface area contributed by atoms with E-state index in [2.05, 4.69) is 10.3 Å². The molecule has 0 bridgehead atoms. The third-order valence-electron chi connectivity index (χ3n) is 3.85. The monoisotopic (exact) mass is 358 g/mol. The quantitative estimate of drug-likeness (QED) is 0.690. The Morgan fingerprint density at radius 1 is 1.24 bits per heavy atom. The van der Waals surface area contributed by atoms with E-state index >= 15 is 0 Å². The first-order valence-electron chi connectivity index (χ1n) is 8.13. The van der Waals surface area contributed by atoms with Crippen LogP contribution < -0.4 is 5.32 Å². The van der Waals surface area contributed by atoms with Crippen molar-refractivity contribution in [1.82, 2.24) is 10.3 Å². The zero-order valence-corrected chi connectivity index (χ0v) is 14.7. The lowest BCUT2D eigenvalue weighted by Crippen LogP contribution is -2.26. The number of thiophene rings is 1. The number of amides is 1. The molecule has 0 spiro atoms. The van der Waals surface area contributed by atoms with Crippen LogP contribution in [-0.4, -0.2) is 17.4 Å². The van der Waals surface area contributed by atoms with Crippen LogP contribution in [0.5, 0.6) is 0 Å². The fourth-order valence-corrected chi connectivity index (χ4v) is 3.19. The summed E-state index contributed by atoms with van der Waals surface area (Å²) < 4.78 is 18.6. The van der Waals surface area contributed by atoms with Crippen molar-refractivity contribution in [2.24, 2.45) is 0 Å². The second-order valence-corrected chi connectivity index (χ2v) is 6.74. The van der Waals surface area contributed by atoms with Gasteiger partial charge in [-0.25, -0.2) is 9.37 Å². The summed E-state index contributed by atoms with van der Waals surface area (Å²) >= 11 is 1.66. The number of carbonyl (C=O) groups excluding carboxylic acids is 1. The van der Waals surface area contributed by atoms with Gasteiger partial charge in [0.05, 0.1) is 5.69 Å². The van der Waals surface area contributed by atoms with Crippen LogP contribution in [0.2, 0.25) is 0 Å². The molecule has 3 rings (SSSR count). The first kappa shape index (κ1) is 17.4. The number of benzene rings is 1. The highest BCUT2D eigenvalue weighted by Gasteiger charge is 2.12. The van der Waals surface area contributed by atoms with Crippen molar-refractivity contribution in [2.45, 2.75) is 26.2 Å². The molecule has 0 radical (unpaired) electrons. The van der Waals surface area contributed by atoms with Crippen LogP contribution in [-0.2, 0) is 17.6 Å². The van der Waals surface area contributed by atoms with E-state index in [0.29, 0.717) is 31.0 Å². The fourth-order valence-electron chi connectivity index (χ4n) is 2.48. The van der Waals surface area contributed by atoms with Crippen molar-refractivity contribution in [1.29, 1.82) is 0 Å². The molecule has 0 aliphatic rings. The van der Waals surface area contributed by atoms with Crippen molar-refractivity contribution >= 4 is 17.2 Å². The van der Waals surface area contributed by atoms with Crippen molar-refractivity contribution in [3.05, 3.63) is 63.9 Å². The summed E-state index contributed by atoms with van der Waals surface area (Å²) in [7, 11) is 0. The average molecular weight is 358 g/mol. The predicted octanol–water partition coefficient (Wildman–Crippen LogP) is 4.14. The third kappa shape index (κ3) is 4.76. The summed E-state index contributed by atoms with van der Waals surface area (Å²) in [4.78, 5) is 17.6. The van der Waals surface area contributed by atoms with Crippen LogP contribution in [0.3, 0.4) is 0 Å². The standard InChI is InChI=1S/C19H19FN2O2S/c1-13-17(22-19(24-13)14-4-6-15(20)7-5-14)10-11-21-18(23)9-8-16-3-2-12-25-16/h2-7,12H,8-11H2,1H3,(H,21,23). The molecule has 130 valence electrons. The first-order valence-corrected chi connectivity index (χ1v) is 9.01. The number of hydrogen-bond donors (Lipinski definition) is 1. The van der Waals surface area contributed by atoms with Gasteiger partial charge in [-0.3, -0.25) is 4.79 Å². The molecule has 0 aliphatic carbocycles. The number of nitrogens with zero attached hydrogens (tertiary/aromatic N) is 1. The number of aryl methyl sites for hydroxylation is 2. The summed E-state index contributed by atoms with van der Waals surface area (Å²) in [5, 5.41) is 4.92. The number of halogens is 1. The van der Waals surface area contributed by atoms with Crippen LogP contribution in [0, 0.1) is 12.7 Å². The molecule has 0 saturated carbocycles. The highest BCUT2D eigenvalue weighted by molar-refractivity contribution is 7.09. The van der Waals surface area contributed by atoms with E-state index in [1.54, 1.807) is 23.5 Å². The van der Waals surface area contributed by atoms with Gasteiger partial charge in [0.25, 0.3) is 0 Å². The Morgan fingerprint density at radius 2 is 2.04 bits per heavy atom. The molecule has 1 amide bonds. The lowest BCUT2D eigenvalue weighted by molar-refractivity contribution is -0.121. The molecule has 0 saturated heterocycles. The van der Waals surface area contributed by atoms with Crippen LogP contribution in [0.1, 0.15) is 22.8 Å². The molecular weight excluding hydrogens is 339 g/mol. The maximum Gasteiger partial charge on any atom is 0.226 e. The van der Waals surface area contributed by atoms with Gasteiger partial charge >= 0.3 is 0 Å². The first-order chi connectivity index (χ1) is 12.1. The van der Waals surface area contributed by atoms with Gasteiger partial charge in [-0.1, -0.05) is 6.07 Å². The van der Waals surface area contributed by atoms with Crippen LogP contribution in [0.15, 0.2) is 46.2 Å². The minimum Gasteiger partial charge on any atom is -0.441 e. The molecule has 1 N–H and O–H groups in total. The smallest absolute Gasteiger partial charge is 0.226 e. The van der Waals surface area contributed by atoms with Crippen molar-refractivity contribution in [3.8, 4) is 11.5 Å². The lowest BCUT2D eigenvalue weighted by Gasteiger charge is -2.03. The van der Waals surface area contributed by atoms with E-state index in [9.17, 15) is 9.18 Å². The molecule has 4 nitrogen and oxygen atoms in total. The third-order valence-corrected chi connectivity index (χ3v) is 4.78. The van der Waals surface area contributed by atoms with Gasteiger partial charge in [0.15, 0.2) is 0 Å². The number of hydrogen-bond acceptors (Lipinski definition) is 4. The van der Waals surface area contributed by atoms with Gasteiger partial charge in [0, 0.05) is 29.8 Å². The minimum absolute atomic E-state index is 0.0355. The van der Waals surface area contributed by atoms with Gasteiger partial charge in [-0.2, -0.15) is 0 Å². The normalized spacial score (nSPS) is 10.8. The molecule has 25 heavy (non-hydrogen) atoms. The maximum absolute atomic E-state index is 13.0. The molecule has 0 unspecified atom stereocenters. The Hall–Kier alpha value is -2.47. The average Bonchev–Trinajstić information content (AvgIpc) is 3.24. The number of nitrogens with one attached hydrogen (secondary N) is 1. The van der Waals surface area contributed by atoms with Crippen molar-refractivity contribution in [3.63, 3.8) is 0 Å². The summed E-state index contributed by atoms with van der Waals surface area (Å²) in [6, 6.07) is 10.1. The number of oxazole rings is 1. The second kappa shape index (κ2) is 8.07. The molecule has 2 aromatic heterocycles. The van der Waals surface area contributed by atoms with E-state index in [-0.39, 0.29) is 11.7 Å². The van der Waals surface area contributed by atoms with E-state index < -0.39 is 0 Å². The molecule has 0 atom stereocenters. The zero-order valence-electron chi connectivity index (χ0n) is 13.9. The Kier molecular flexibility index (Phi) is 5.60. The number of aromatic nitrogens is 1. The molecule has 6 heteroatoms. The Balaban J connectivity index is 1.49. The van der Waals surface area contributed by atoms with Crippen LogP contribution in [0.4, 0.5) is 4.39 Å². The SMILES string of the molecule is Cc1oc(-c2ccc(F)cc2)nc1CCNC(=O)CCc1cccs1. The Morgan fingerprint density at radius 3 is 2.76 bits per heavy atom. The Labute approximate surface area is 149 Å². The molecule has 0 aliphatic heterocycles. The predicted molar refractivity (Wildman–Crippen MR) is 96.0 cm³/mol. The minimum atomic E-state index is -0.294. The largest absolute Gasteiger partial charge is 0.441 e. The van der Waals surface area contributed by atoms with E-state index in [0.717, 1.165) is 17.7 Å². The van der Waals surface area contributed by atoms with Gasteiger partial charge < -0.3 is 9.73 Å². The van der Waals surface area contributed by atoms with Gasteiger partial charge in [-0.05, 0) is 49.1 Å².